The summed E-state index contributed by atoms with van der Waals surface area (Å²) in [6, 6.07) is 4.62. The van der Waals surface area contributed by atoms with Crippen LogP contribution in [0.15, 0.2) is 30.4 Å². The zero-order chi connectivity index (χ0) is 10.8. The molecule has 0 N–H and O–H groups in total. The fraction of sp³-hybridized carbons (Fsp3) is 0.250. The van der Waals surface area contributed by atoms with E-state index in [1.54, 1.807) is 12.1 Å². The molecule has 2 rings (SSSR count). The molecule has 78 valence electrons. The lowest BCUT2D eigenvalue weighted by Crippen LogP contribution is -2.22. The van der Waals surface area contributed by atoms with Crippen LogP contribution in [-0.4, -0.2) is 18.9 Å². The van der Waals surface area contributed by atoms with Crippen LogP contribution in [0.1, 0.15) is 17.3 Å². The van der Waals surface area contributed by atoms with Gasteiger partial charge in [0.2, 0.25) is 0 Å². The Bertz CT molecular complexity index is 418. The second-order valence-corrected chi connectivity index (χ2v) is 3.57. The summed E-state index contributed by atoms with van der Waals surface area (Å²) in [4.78, 5) is 13.2. The fourth-order valence-corrected chi connectivity index (χ4v) is 1.78. The average molecular weight is 205 g/mol. The van der Waals surface area contributed by atoms with Gasteiger partial charge in [0, 0.05) is 18.7 Å². The third kappa shape index (κ3) is 1.77. The maximum absolute atomic E-state index is 13.6. The van der Waals surface area contributed by atoms with Crippen molar-refractivity contribution in [3.05, 3.63) is 41.7 Å². The summed E-state index contributed by atoms with van der Waals surface area (Å²) in [5.41, 5.74) is 0.883. The fourth-order valence-electron chi connectivity index (χ4n) is 1.78. The third-order valence-corrected chi connectivity index (χ3v) is 2.50. The highest BCUT2D eigenvalue weighted by Crippen LogP contribution is 2.26. The molecule has 3 heteroatoms. The number of ketones is 1. The van der Waals surface area contributed by atoms with E-state index in [2.05, 4.69) is 0 Å². The highest BCUT2D eigenvalue weighted by Gasteiger charge is 2.18. The average Bonchev–Trinajstić information content (AvgIpc) is 2.70. The molecular weight excluding hydrogens is 193 g/mol. The van der Waals surface area contributed by atoms with Gasteiger partial charge in [0.05, 0.1) is 5.69 Å². The maximum Gasteiger partial charge on any atom is 0.161 e. The summed E-state index contributed by atoms with van der Waals surface area (Å²) < 4.78 is 13.6. The first-order valence-electron chi connectivity index (χ1n) is 4.89. The minimum absolute atomic E-state index is 0.101. The molecule has 0 radical (unpaired) electrons. The second-order valence-electron chi connectivity index (χ2n) is 3.57. The van der Waals surface area contributed by atoms with E-state index in [9.17, 15) is 9.18 Å². The van der Waals surface area contributed by atoms with Gasteiger partial charge in [-0.1, -0.05) is 18.2 Å². The van der Waals surface area contributed by atoms with Crippen molar-refractivity contribution in [3.8, 4) is 0 Å². The first-order chi connectivity index (χ1) is 7.20. The molecule has 0 atom stereocenters. The summed E-state index contributed by atoms with van der Waals surface area (Å²) in [5.74, 6) is -0.428. The molecule has 0 bridgehead atoms. The molecule has 0 amide bonds. The molecule has 0 aromatic heterocycles. The second kappa shape index (κ2) is 3.85. The molecule has 0 spiro atoms. The molecule has 0 fully saturated rings. The first-order valence-corrected chi connectivity index (χ1v) is 4.89. The number of hydrogen-bond acceptors (Lipinski definition) is 2. The molecule has 15 heavy (non-hydrogen) atoms. The third-order valence-electron chi connectivity index (χ3n) is 2.50. The minimum Gasteiger partial charge on any atom is -0.361 e. The topological polar surface area (TPSA) is 20.3 Å². The summed E-state index contributed by atoms with van der Waals surface area (Å²) in [5, 5.41) is 0. The number of hydrogen-bond donors (Lipinski definition) is 0. The van der Waals surface area contributed by atoms with Crippen LogP contribution < -0.4 is 4.90 Å². The van der Waals surface area contributed by atoms with Gasteiger partial charge >= 0.3 is 0 Å². The number of carbonyl (C=O) groups is 1. The van der Waals surface area contributed by atoms with E-state index < -0.39 is 0 Å². The van der Waals surface area contributed by atoms with Crippen LogP contribution in [0.25, 0.3) is 0 Å². The molecule has 0 aliphatic carbocycles. The van der Waals surface area contributed by atoms with Gasteiger partial charge in [-0.05, 0) is 19.1 Å². The van der Waals surface area contributed by atoms with Gasteiger partial charge in [-0.15, -0.1) is 0 Å². The van der Waals surface area contributed by atoms with Gasteiger partial charge in [0.1, 0.15) is 5.82 Å². The van der Waals surface area contributed by atoms with Crippen LogP contribution in [-0.2, 0) is 0 Å². The molecule has 0 unspecified atom stereocenters. The predicted molar refractivity (Wildman–Crippen MR) is 57.8 cm³/mol. The zero-order valence-electron chi connectivity index (χ0n) is 8.53. The Balaban J connectivity index is 2.47. The Morgan fingerprint density at radius 1 is 1.33 bits per heavy atom. The Morgan fingerprint density at radius 3 is 2.60 bits per heavy atom. The Hall–Kier alpha value is -1.64. The molecule has 0 saturated carbocycles. The molecular formula is C12H12FNO. The van der Waals surface area contributed by atoms with E-state index in [0.29, 0.717) is 24.3 Å². The Labute approximate surface area is 88.0 Å². The number of rotatable bonds is 2. The number of benzene rings is 1. The number of carbonyl (C=O) groups excluding carboxylic acids is 1. The molecule has 0 saturated heterocycles. The Morgan fingerprint density at radius 2 is 2.00 bits per heavy atom. The lowest BCUT2D eigenvalue weighted by Gasteiger charge is -2.20. The van der Waals surface area contributed by atoms with E-state index in [1.165, 1.54) is 13.0 Å². The summed E-state index contributed by atoms with van der Waals surface area (Å²) in [7, 11) is 0. The number of Topliss-reactive ketones (excluding diaryl/α,β-unsaturated/α-hetero) is 1. The summed E-state index contributed by atoms with van der Waals surface area (Å²) in [6.45, 7) is 2.80. The van der Waals surface area contributed by atoms with Gasteiger partial charge in [0.25, 0.3) is 0 Å². The number of anilines is 1. The molecule has 1 heterocycles. The summed E-state index contributed by atoms with van der Waals surface area (Å²) >= 11 is 0. The molecule has 2 nitrogen and oxygen atoms in total. The van der Waals surface area contributed by atoms with Crippen LogP contribution in [0.4, 0.5) is 10.1 Å². The predicted octanol–water partition coefficient (Wildman–Crippen LogP) is 2.40. The van der Waals surface area contributed by atoms with Gasteiger partial charge in [-0.25, -0.2) is 4.39 Å². The number of para-hydroxylation sites is 1. The van der Waals surface area contributed by atoms with Crippen LogP contribution in [0.3, 0.4) is 0 Å². The van der Waals surface area contributed by atoms with E-state index in [1.807, 2.05) is 17.1 Å². The Kier molecular flexibility index (Phi) is 2.54. The van der Waals surface area contributed by atoms with Crippen molar-refractivity contribution < 1.29 is 9.18 Å². The van der Waals surface area contributed by atoms with Crippen LogP contribution in [0, 0.1) is 5.82 Å². The van der Waals surface area contributed by atoms with Crippen molar-refractivity contribution in [1.82, 2.24) is 0 Å². The quantitative estimate of drug-likeness (QED) is 0.546. The molecule has 1 aliphatic rings. The maximum atomic E-state index is 13.6. The lowest BCUT2D eigenvalue weighted by molar-refractivity contribution is 0.101. The zero-order valence-corrected chi connectivity index (χ0v) is 8.53. The molecule has 1 aromatic carbocycles. The van der Waals surface area contributed by atoms with Gasteiger partial charge < -0.3 is 4.90 Å². The monoisotopic (exact) mass is 205 g/mol. The highest BCUT2D eigenvalue weighted by atomic mass is 19.1. The van der Waals surface area contributed by atoms with Gasteiger partial charge in [0.15, 0.2) is 5.78 Å². The van der Waals surface area contributed by atoms with Crippen molar-refractivity contribution in [2.45, 2.75) is 6.92 Å². The van der Waals surface area contributed by atoms with Crippen LogP contribution in [0.2, 0.25) is 0 Å². The SMILES string of the molecule is CC(=O)c1cccc(F)c1N1CC=CC1. The highest BCUT2D eigenvalue weighted by molar-refractivity contribution is 6.00. The van der Waals surface area contributed by atoms with Crippen molar-refractivity contribution >= 4 is 11.5 Å². The van der Waals surface area contributed by atoms with Gasteiger partial charge in [-0.2, -0.15) is 0 Å². The summed E-state index contributed by atoms with van der Waals surface area (Å²) in [6.07, 6.45) is 3.94. The van der Waals surface area contributed by atoms with Crippen molar-refractivity contribution in [2.24, 2.45) is 0 Å². The largest absolute Gasteiger partial charge is 0.361 e. The van der Waals surface area contributed by atoms with Crippen LogP contribution in [0.5, 0.6) is 0 Å². The lowest BCUT2D eigenvalue weighted by atomic mass is 10.1. The minimum atomic E-state index is -0.327. The van der Waals surface area contributed by atoms with Crippen molar-refractivity contribution in [1.29, 1.82) is 0 Å². The van der Waals surface area contributed by atoms with Crippen molar-refractivity contribution in [3.63, 3.8) is 0 Å². The van der Waals surface area contributed by atoms with E-state index in [0.717, 1.165) is 0 Å². The van der Waals surface area contributed by atoms with E-state index >= 15 is 0 Å². The van der Waals surface area contributed by atoms with Gasteiger partial charge in [-0.3, -0.25) is 4.79 Å². The first kappa shape index (κ1) is 9.90. The number of halogens is 1. The standard InChI is InChI=1S/C12H12FNO/c1-9(15)10-5-4-6-11(13)12(10)14-7-2-3-8-14/h2-6H,7-8H2,1H3. The van der Waals surface area contributed by atoms with E-state index in [4.69, 9.17) is 0 Å². The van der Waals surface area contributed by atoms with E-state index in [-0.39, 0.29) is 11.6 Å². The van der Waals surface area contributed by atoms with Crippen molar-refractivity contribution in [2.75, 3.05) is 18.0 Å². The van der Waals surface area contributed by atoms with Crippen LogP contribution >= 0.6 is 0 Å². The molecule has 1 aliphatic heterocycles. The normalized spacial score (nSPS) is 14.7. The number of nitrogens with zero attached hydrogens (tertiary/aromatic N) is 1. The smallest absolute Gasteiger partial charge is 0.161 e. The molecule has 1 aromatic rings.